The van der Waals surface area contributed by atoms with Crippen LogP contribution in [0.2, 0.25) is 0 Å². The van der Waals surface area contributed by atoms with Gasteiger partial charge >= 0.3 is 6.09 Å². The molecule has 0 unspecified atom stereocenters. The summed E-state index contributed by atoms with van der Waals surface area (Å²) in [4.78, 5) is 11.3. The van der Waals surface area contributed by atoms with Gasteiger partial charge in [0, 0.05) is 12.0 Å². The average Bonchev–Trinajstić information content (AvgIpc) is 2.53. The van der Waals surface area contributed by atoms with Gasteiger partial charge in [-0.25, -0.2) is 4.79 Å². The summed E-state index contributed by atoms with van der Waals surface area (Å²) in [7, 11) is 0. The van der Waals surface area contributed by atoms with Crippen LogP contribution in [0, 0.1) is 0 Å². The van der Waals surface area contributed by atoms with Crippen LogP contribution in [0.3, 0.4) is 0 Å². The molecule has 4 heteroatoms. The Labute approximate surface area is 94.5 Å². The lowest BCUT2D eigenvalue weighted by Gasteiger charge is -2.19. The van der Waals surface area contributed by atoms with Crippen molar-refractivity contribution in [3.8, 4) is 0 Å². The molecule has 0 bridgehead atoms. The smallest absolute Gasteiger partial charge is 0.407 e. The van der Waals surface area contributed by atoms with Gasteiger partial charge < -0.3 is 10.1 Å². The number of hydrogen-bond donors (Lipinski definition) is 1. The molecule has 0 saturated carbocycles. The van der Waals surface area contributed by atoms with Crippen molar-refractivity contribution in [3.63, 3.8) is 0 Å². The molecule has 0 aliphatic heterocycles. The maximum Gasteiger partial charge on any atom is 0.407 e. The maximum atomic E-state index is 11.3. The number of rotatable bonds is 3. The predicted octanol–water partition coefficient (Wildman–Crippen LogP) is 2.82. The minimum absolute atomic E-state index is 0.237. The molecule has 0 saturated heterocycles. The van der Waals surface area contributed by atoms with Crippen molar-refractivity contribution in [1.82, 2.24) is 5.32 Å². The standard InChI is InChI=1S/C11H17NO2S/c1-11(2,3)12-10(13)14-6-4-9-5-7-15-8-9/h5,7-8H,4,6H2,1-3H3,(H,12,13). The maximum absolute atomic E-state index is 11.3. The second kappa shape index (κ2) is 5.16. The molecule has 0 fully saturated rings. The molecule has 1 aromatic rings. The second-order valence-electron chi connectivity index (χ2n) is 4.39. The van der Waals surface area contributed by atoms with Gasteiger partial charge in [0.1, 0.15) is 0 Å². The molecule has 84 valence electrons. The SMILES string of the molecule is CC(C)(C)NC(=O)OCCc1ccsc1. The van der Waals surface area contributed by atoms with E-state index in [1.165, 1.54) is 5.56 Å². The average molecular weight is 227 g/mol. The van der Waals surface area contributed by atoms with Crippen LogP contribution in [-0.4, -0.2) is 18.2 Å². The predicted molar refractivity (Wildman–Crippen MR) is 62.3 cm³/mol. The molecule has 0 radical (unpaired) electrons. The monoisotopic (exact) mass is 227 g/mol. The highest BCUT2D eigenvalue weighted by Crippen LogP contribution is 2.06. The van der Waals surface area contributed by atoms with E-state index in [0.29, 0.717) is 6.61 Å². The van der Waals surface area contributed by atoms with Gasteiger partial charge in [-0.3, -0.25) is 0 Å². The summed E-state index contributed by atoms with van der Waals surface area (Å²) in [5, 5.41) is 6.82. The Morgan fingerprint density at radius 3 is 2.80 bits per heavy atom. The fraction of sp³-hybridized carbons (Fsp3) is 0.545. The first-order valence-electron chi connectivity index (χ1n) is 4.93. The molecule has 1 amide bonds. The van der Waals surface area contributed by atoms with Crippen molar-refractivity contribution < 1.29 is 9.53 Å². The van der Waals surface area contributed by atoms with Gasteiger partial charge in [-0.05, 0) is 43.2 Å². The minimum Gasteiger partial charge on any atom is -0.449 e. The number of carbonyl (C=O) groups is 1. The lowest BCUT2D eigenvalue weighted by molar-refractivity contribution is 0.139. The van der Waals surface area contributed by atoms with Crippen LogP contribution in [0.5, 0.6) is 0 Å². The van der Waals surface area contributed by atoms with Crippen molar-refractivity contribution in [2.45, 2.75) is 32.7 Å². The summed E-state index contributed by atoms with van der Waals surface area (Å²) in [6, 6.07) is 2.04. The number of alkyl carbamates (subject to hydrolysis) is 1. The summed E-state index contributed by atoms with van der Waals surface area (Å²) in [6.07, 6.45) is 0.430. The number of carbonyl (C=O) groups excluding carboxylic acids is 1. The van der Waals surface area contributed by atoms with Gasteiger partial charge in [-0.1, -0.05) is 0 Å². The van der Waals surface area contributed by atoms with E-state index in [1.54, 1.807) is 11.3 Å². The Morgan fingerprint density at radius 1 is 1.53 bits per heavy atom. The van der Waals surface area contributed by atoms with Crippen LogP contribution < -0.4 is 5.32 Å². The topological polar surface area (TPSA) is 38.3 Å². The minimum atomic E-state index is -0.349. The molecule has 3 nitrogen and oxygen atoms in total. The van der Waals surface area contributed by atoms with Gasteiger partial charge in [0.2, 0.25) is 0 Å². The highest BCUT2D eigenvalue weighted by atomic mass is 32.1. The van der Waals surface area contributed by atoms with Crippen LogP contribution in [0.25, 0.3) is 0 Å². The highest BCUT2D eigenvalue weighted by Gasteiger charge is 2.14. The van der Waals surface area contributed by atoms with E-state index in [1.807, 2.05) is 32.2 Å². The summed E-state index contributed by atoms with van der Waals surface area (Å²) >= 11 is 1.65. The zero-order valence-corrected chi connectivity index (χ0v) is 10.2. The Balaban J connectivity index is 2.18. The van der Waals surface area contributed by atoms with Crippen molar-refractivity contribution in [1.29, 1.82) is 0 Å². The van der Waals surface area contributed by atoms with Crippen molar-refractivity contribution >= 4 is 17.4 Å². The van der Waals surface area contributed by atoms with Gasteiger partial charge in [-0.15, -0.1) is 0 Å². The lowest BCUT2D eigenvalue weighted by Crippen LogP contribution is -2.41. The lowest BCUT2D eigenvalue weighted by atomic mass is 10.1. The Bertz CT molecular complexity index is 301. The summed E-state index contributed by atoms with van der Waals surface area (Å²) in [5.74, 6) is 0. The molecular formula is C11H17NO2S. The van der Waals surface area contributed by atoms with Gasteiger partial charge in [0.25, 0.3) is 0 Å². The first-order chi connectivity index (χ1) is 6.97. The van der Waals surface area contributed by atoms with Crippen molar-refractivity contribution in [2.75, 3.05) is 6.61 Å². The largest absolute Gasteiger partial charge is 0.449 e. The van der Waals surface area contributed by atoms with E-state index >= 15 is 0 Å². The van der Waals surface area contributed by atoms with E-state index in [0.717, 1.165) is 6.42 Å². The summed E-state index contributed by atoms with van der Waals surface area (Å²) < 4.78 is 5.05. The van der Waals surface area contributed by atoms with Crippen molar-refractivity contribution in [3.05, 3.63) is 22.4 Å². The number of ether oxygens (including phenoxy) is 1. The molecule has 1 aromatic heterocycles. The van der Waals surface area contributed by atoms with Gasteiger partial charge in [0.05, 0.1) is 6.61 Å². The number of nitrogens with one attached hydrogen (secondary N) is 1. The fourth-order valence-corrected chi connectivity index (χ4v) is 1.74. The molecule has 0 atom stereocenters. The third-order valence-corrected chi connectivity index (χ3v) is 2.41. The van der Waals surface area contributed by atoms with Gasteiger partial charge in [0.15, 0.2) is 0 Å². The van der Waals surface area contributed by atoms with E-state index in [9.17, 15) is 4.79 Å². The van der Waals surface area contributed by atoms with Crippen LogP contribution in [0.15, 0.2) is 16.8 Å². The fourth-order valence-electron chi connectivity index (χ4n) is 1.04. The molecule has 0 aliphatic carbocycles. The van der Waals surface area contributed by atoms with Crippen LogP contribution in [0.1, 0.15) is 26.3 Å². The molecule has 15 heavy (non-hydrogen) atoms. The normalized spacial score (nSPS) is 11.1. The van der Waals surface area contributed by atoms with Crippen molar-refractivity contribution in [2.24, 2.45) is 0 Å². The molecule has 1 heterocycles. The zero-order valence-electron chi connectivity index (χ0n) is 9.37. The van der Waals surface area contributed by atoms with Gasteiger partial charge in [-0.2, -0.15) is 11.3 Å². The quantitative estimate of drug-likeness (QED) is 0.862. The first kappa shape index (κ1) is 12.0. The van der Waals surface area contributed by atoms with E-state index in [4.69, 9.17) is 4.74 Å². The highest BCUT2D eigenvalue weighted by molar-refractivity contribution is 7.07. The van der Waals surface area contributed by atoms with E-state index in [-0.39, 0.29) is 11.6 Å². The number of hydrogen-bond acceptors (Lipinski definition) is 3. The van der Waals surface area contributed by atoms with Crippen LogP contribution >= 0.6 is 11.3 Å². The first-order valence-corrected chi connectivity index (χ1v) is 5.88. The second-order valence-corrected chi connectivity index (χ2v) is 5.17. The van der Waals surface area contributed by atoms with Crippen LogP contribution in [0.4, 0.5) is 4.79 Å². The Kier molecular flexibility index (Phi) is 4.15. The summed E-state index contributed by atoms with van der Waals surface area (Å²) in [6.45, 7) is 6.20. The molecule has 0 aliphatic rings. The molecule has 0 spiro atoms. The third kappa shape index (κ3) is 5.42. The third-order valence-electron chi connectivity index (χ3n) is 1.68. The Hall–Kier alpha value is -1.03. The number of amides is 1. The van der Waals surface area contributed by atoms with Crippen LogP contribution in [-0.2, 0) is 11.2 Å². The Morgan fingerprint density at radius 2 is 2.27 bits per heavy atom. The zero-order chi connectivity index (χ0) is 11.3. The molecule has 0 aromatic carbocycles. The van der Waals surface area contributed by atoms with E-state index in [2.05, 4.69) is 10.7 Å². The molecule has 1 N–H and O–H groups in total. The molecule has 1 rings (SSSR count). The summed E-state index contributed by atoms with van der Waals surface area (Å²) in [5.41, 5.74) is 0.975. The van der Waals surface area contributed by atoms with E-state index < -0.39 is 0 Å². The number of thiophene rings is 1. The molecular weight excluding hydrogens is 210 g/mol.